The Hall–Kier alpha value is -2.26. The maximum atomic E-state index is 3.31. The van der Waals surface area contributed by atoms with Crippen molar-refractivity contribution in [3.8, 4) is 5.69 Å². The fourth-order valence-corrected chi connectivity index (χ4v) is 4.51. The Bertz CT molecular complexity index is 1410. The molecule has 5 aromatic rings. The Labute approximate surface area is 239 Å². The third kappa shape index (κ3) is 6.30. The SMILES string of the molecule is Cc1c(C)n(-c2cc3ccccc3[cH-]2)c2ccccc12.[C-]1=C(Cc2ccccc2)C=CC1.[Cl-].[Cl-].[Hf+4]. The summed E-state index contributed by atoms with van der Waals surface area (Å²) < 4.78 is 2.37. The molecule has 0 atom stereocenters. The van der Waals surface area contributed by atoms with E-state index in [-0.39, 0.29) is 50.7 Å². The van der Waals surface area contributed by atoms with Crippen LogP contribution in [-0.2, 0) is 32.3 Å². The van der Waals surface area contributed by atoms with Crippen LogP contribution in [0.25, 0.3) is 27.4 Å². The van der Waals surface area contributed by atoms with Gasteiger partial charge in [0.1, 0.15) is 0 Å². The van der Waals surface area contributed by atoms with Crippen molar-refractivity contribution in [3.05, 3.63) is 132 Å². The van der Waals surface area contributed by atoms with Crippen LogP contribution in [-0.4, -0.2) is 4.57 Å². The topological polar surface area (TPSA) is 4.93 Å². The molecule has 4 aromatic carbocycles. The number of para-hydroxylation sites is 1. The monoisotopic (exact) mass is 663 g/mol. The van der Waals surface area contributed by atoms with Gasteiger partial charge in [0.15, 0.2) is 0 Å². The summed E-state index contributed by atoms with van der Waals surface area (Å²) in [4.78, 5) is 0. The molecule has 4 heteroatoms. The van der Waals surface area contributed by atoms with Crippen LogP contribution in [0.1, 0.15) is 23.2 Å². The molecular formula is C31H27Cl2HfN. The average Bonchev–Trinajstić information content (AvgIpc) is 3.54. The summed E-state index contributed by atoms with van der Waals surface area (Å²) >= 11 is 0. The molecule has 0 aliphatic heterocycles. The summed E-state index contributed by atoms with van der Waals surface area (Å²) in [7, 11) is 0. The molecule has 0 saturated carbocycles. The van der Waals surface area contributed by atoms with Crippen LogP contribution in [0.15, 0.2) is 109 Å². The molecule has 1 heterocycles. The maximum absolute atomic E-state index is 3.31. The van der Waals surface area contributed by atoms with Crippen LogP contribution in [0.2, 0.25) is 0 Å². The fraction of sp³-hybridized carbons (Fsp3) is 0.129. The van der Waals surface area contributed by atoms with Crippen LogP contribution in [0, 0.1) is 19.9 Å². The van der Waals surface area contributed by atoms with Gasteiger partial charge in [-0.3, -0.25) is 6.08 Å². The zero-order valence-corrected chi connectivity index (χ0v) is 25.0. The van der Waals surface area contributed by atoms with Gasteiger partial charge in [0.2, 0.25) is 0 Å². The summed E-state index contributed by atoms with van der Waals surface area (Å²) in [5, 5.41) is 3.95. The third-order valence-electron chi connectivity index (χ3n) is 6.29. The number of hydrogen-bond donors (Lipinski definition) is 0. The number of rotatable bonds is 3. The minimum absolute atomic E-state index is 0. The largest absolute Gasteiger partial charge is 4.00 e. The number of fused-ring (bicyclic) bond motifs is 2. The molecule has 1 nitrogen and oxygen atoms in total. The van der Waals surface area contributed by atoms with Crippen LogP contribution in [0.4, 0.5) is 0 Å². The van der Waals surface area contributed by atoms with Crippen molar-refractivity contribution in [3.63, 3.8) is 0 Å². The molecule has 1 aliphatic carbocycles. The first-order valence-corrected chi connectivity index (χ1v) is 11.2. The van der Waals surface area contributed by atoms with Gasteiger partial charge >= 0.3 is 25.8 Å². The molecule has 0 N–H and O–H groups in total. The number of halogens is 2. The zero-order valence-electron chi connectivity index (χ0n) is 19.9. The molecule has 0 saturated heterocycles. The van der Waals surface area contributed by atoms with Crippen molar-refractivity contribution in [2.24, 2.45) is 0 Å². The van der Waals surface area contributed by atoms with Gasteiger partial charge in [-0.2, -0.15) is 6.08 Å². The number of benzene rings is 3. The second-order valence-electron chi connectivity index (χ2n) is 8.38. The van der Waals surface area contributed by atoms with E-state index in [4.69, 9.17) is 0 Å². The Morgan fingerprint density at radius 3 is 2.26 bits per heavy atom. The smallest absolute Gasteiger partial charge is 1.00 e. The second-order valence-corrected chi connectivity index (χ2v) is 8.38. The molecule has 174 valence electrons. The van der Waals surface area contributed by atoms with E-state index in [9.17, 15) is 0 Å². The van der Waals surface area contributed by atoms with E-state index in [2.05, 4.69) is 122 Å². The van der Waals surface area contributed by atoms with Gasteiger partial charge in [0.05, 0.1) is 5.52 Å². The molecule has 0 spiro atoms. The molecule has 0 radical (unpaired) electrons. The van der Waals surface area contributed by atoms with E-state index in [1.54, 1.807) is 0 Å². The molecule has 0 fully saturated rings. The number of allylic oxidation sites excluding steroid dienone is 4. The average molecular weight is 663 g/mol. The molecule has 0 bridgehead atoms. The van der Waals surface area contributed by atoms with Crippen LogP contribution in [0.3, 0.4) is 0 Å². The minimum atomic E-state index is 0. The summed E-state index contributed by atoms with van der Waals surface area (Å²) in [6.07, 6.45) is 9.63. The van der Waals surface area contributed by atoms with Gasteiger partial charge in [-0.15, -0.1) is 47.5 Å². The van der Waals surface area contributed by atoms with Crippen LogP contribution in [0.5, 0.6) is 0 Å². The first kappa shape index (κ1) is 29.0. The van der Waals surface area contributed by atoms with Crippen molar-refractivity contribution < 1.29 is 50.7 Å². The number of hydrogen-bond acceptors (Lipinski definition) is 0. The van der Waals surface area contributed by atoms with E-state index in [1.807, 2.05) is 6.07 Å². The summed E-state index contributed by atoms with van der Waals surface area (Å²) in [6, 6.07) is 32.2. The first-order chi connectivity index (χ1) is 15.7. The minimum Gasteiger partial charge on any atom is -1.00 e. The van der Waals surface area contributed by atoms with Gasteiger partial charge < -0.3 is 29.4 Å². The van der Waals surface area contributed by atoms with E-state index < -0.39 is 0 Å². The quantitative estimate of drug-likeness (QED) is 0.206. The molecule has 1 aliphatic rings. The van der Waals surface area contributed by atoms with Crippen molar-refractivity contribution in [2.45, 2.75) is 26.7 Å². The normalized spacial score (nSPS) is 11.7. The summed E-state index contributed by atoms with van der Waals surface area (Å²) in [5.74, 6) is 0. The Balaban J connectivity index is 0.000000252. The standard InChI is InChI=1S/C19H16N.C12H11.2ClH.Hf/c1-13-14(2)20(19-10-6-5-9-18(13)19)17-11-15-7-3-4-8-16(15)12-17;1-2-6-11(7-3-1)10-12-8-4-5-9-12;;;/h3-12H,1-2H3;1-4,6-8H,5,10H2;2*1H;/q2*-1;;;+4/p-2. The number of nitrogens with zero attached hydrogens (tertiary/aromatic N) is 1. The molecule has 35 heavy (non-hydrogen) atoms. The Morgan fingerprint density at radius 2 is 1.54 bits per heavy atom. The number of aryl methyl sites for hydroxylation is 1. The third-order valence-corrected chi connectivity index (χ3v) is 6.29. The predicted octanol–water partition coefficient (Wildman–Crippen LogP) is 2.04. The Kier molecular flexibility index (Phi) is 10.9. The first-order valence-electron chi connectivity index (χ1n) is 11.2. The van der Waals surface area contributed by atoms with E-state index in [1.165, 1.54) is 49.8 Å². The van der Waals surface area contributed by atoms with E-state index in [0.717, 1.165) is 12.8 Å². The van der Waals surface area contributed by atoms with Crippen LogP contribution >= 0.6 is 0 Å². The maximum Gasteiger partial charge on any atom is 4.00 e. The van der Waals surface area contributed by atoms with Crippen molar-refractivity contribution in [1.29, 1.82) is 0 Å². The fourth-order valence-electron chi connectivity index (χ4n) is 4.51. The summed E-state index contributed by atoms with van der Waals surface area (Å²) in [5.41, 5.74) is 7.92. The van der Waals surface area contributed by atoms with Crippen LogP contribution < -0.4 is 24.8 Å². The van der Waals surface area contributed by atoms with Crippen molar-refractivity contribution >= 4 is 21.7 Å². The van der Waals surface area contributed by atoms with Gasteiger partial charge in [-0.1, -0.05) is 54.6 Å². The van der Waals surface area contributed by atoms with Gasteiger partial charge in [0.25, 0.3) is 0 Å². The molecule has 6 rings (SSSR count). The van der Waals surface area contributed by atoms with Gasteiger partial charge in [-0.05, 0) is 43.1 Å². The van der Waals surface area contributed by atoms with Crippen molar-refractivity contribution in [1.82, 2.24) is 4.57 Å². The Morgan fingerprint density at radius 1 is 0.857 bits per heavy atom. The van der Waals surface area contributed by atoms with Gasteiger partial charge in [-0.25, -0.2) is 11.6 Å². The molecule has 1 aromatic heterocycles. The molecular weight excluding hydrogens is 636 g/mol. The molecule has 0 unspecified atom stereocenters. The van der Waals surface area contributed by atoms with E-state index >= 15 is 0 Å². The zero-order chi connectivity index (χ0) is 21.9. The van der Waals surface area contributed by atoms with Gasteiger partial charge in [0, 0.05) is 11.1 Å². The van der Waals surface area contributed by atoms with E-state index in [0.29, 0.717) is 0 Å². The number of aromatic nitrogens is 1. The molecule has 0 amide bonds. The predicted molar refractivity (Wildman–Crippen MR) is 137 cm³/mol. The summed E-state index contributed by atoms with van der Waals surface area (Å²) in [6.45, 7) is 4.41. The van der Waals surface area contributed by atoms with Crippen molar-refractivity contribution in [2.75, 3.05) is 0 Å². The second kappa shape index (κ2) is 13.2.